The highest BCUT2D eigenvalue weighted by Crippen LogP contribution is 2.44. The first-order chi connectivity index (χ1) is 16.3. The molecule has 0 radical (unpaired) electrons. The van der Waals surface area contributed by atoms with Gasteiger partial charge in [-0.2, -0.15) is 0 Å². The third-order valence-electron chi connectivity index (χ3n) is 6.45. The Morgan fingerprint density at radius 3 is 2.03 bits per heavy atom. The van der Waals surface area contributed by atoms with Gasteiger partial charge in [0.15, 0.2) is 0 Å². The number of fused-ring (bicyclic) bond motifs is 2. The van der Waals surface area contributed by atoms with Crippen LogP contribution in [-0.2, 0) is 0 Å². The molecule has 3 nitrogen and oxygen atoms in total. The van der Waals surface area contributed by atoms with E-state index in [0.717, 1.165) is 16.8 Å². The molecule has 0 spiro atoms. The number of hydrogen-bond acceptors (Lipinski definition) is 1. The van der Waals surface area contributed by atoms with Gasteiger partial charge >= 0.3 is 0 Å². The summed E-state index contributed by atoms with van der Waals surface area (Å²) in [7, 11) is 1.70. The minimum absolute atomic E-state index is 0.0815. The van der Waals surface area contributed by atoms with Crippen LogP contribution in [0.4, 0.5) is 0 Å². The highest BCUT2D eigenvalue weighted by Gasteiger charge is 2.25. The van der Waals surface area contributed by atoms with Gasteiger partial charge < -0.3 is 14.7 Å². The molecule has 0 bridgehead atoms. The summed E-state index contributed by atoms with van der Waals surface area (Å²) < 4.78 is 5.44. The summed E-state index contributed by atoms with van der Waals surface area (Å²) in [5.74, 6) is 0.930. The van der Waals surface area contributed by atoms with Crippen molar-refractivity contribution in [2.24, 2.45) is 0 Å². The van der Waals surface area contributed by atoms with Crippen LogP contribution in [-0.4, -0.2) is 17.1 Å². The average Bonchev–Trinajstić information content (AvgIpc) is 3.46. The van der Waals surface area contributed by atoms with Gasteiger partial charge in [0.2, 0.25) is 0 Å². The van der Waals surface area contributed by atoms with Crippen LogP contribution in [0.3, 0.4) is 0 Å². The molecule has 0 aliphatic carbocycles. The lowest BCUT2D eigenvalue weighted by atomic mass is 9.85. The first-order valence-electron chi connectivity index (χ1n) is 11.2. The lowest BCUT2D eigenvalue weighted by molar-refractivity contribution is 0.415. The van der Waals surface area contributed by atoms with Crippen LogP contribution in [0.15, 0.2) is 109 Å². The Bertz CT molecular complexity index is 1500. The average molecular weight is 429 g/mol. The maximum absolute atomic E-state index is 5.44. The predicted molar refractivity (Wildman–Crippen MR) is 136 cm³/mol. The molecule has 4 aromatic carbocycles. The van der Waals surface area contributed by atoms with Gasteiger partial charge in [-0.25, -0.2) is 0 Å². The molecule has 0 saturated carbocycles. The number of rotatable bonds is 5. The van der Waals surface area contributed by atoms with Crippen LogP contribution >= 0.6 is 0 Å². The molecule has 0 aliphatic rings. The van der Waals surface area contributed by atoms with Crippen LogP contribution in [0.2, 0.25) is 0 Å². The smallest absolute Gasteiger partial charge is 0.120 e. The van der Waals surface area contributed by atoms with E-state index < -0.39 is 0 Å². The van der Waals surface area contributed by atoms with E-state index in [9.17, 15) is 0 Å². The number of hydrogen-bond donors (Lipinski definition) is 2. The zero-order chi connectivity index (χ0) is 22.2. The van der Waals surface area contributed by atoms with Crippen LogP contribution in [0.5, 0.6) is 5.75 Å². The monoisotopic (exact) mass is 428 g/mol. The minimum Gasteiger partial charge on any atom is -0.497 e. The Balaban J connectivity index is 1.67. The van der Waals surface area contributed by atoms with E-state index in [1.807, 2.05) is 6.07 Å². The van der Waals surface area contributed by atoms with E-state index in [4.69, 9.17) is 4.74 Å². The minimum atomic E-state index is 0.0815. The summed E-state index contributed by atoms with van der Waals surface area (Å²) in [4.78, 5) is 7.27. The molecule has 0 atom stereocenters. The summed E-state index contributed by atoms with van der Waals surface area (Å²) in [5, 5.41) is 2.41. The molecule has 2 aromatic heterocycles. The third-order valence-corrected chi connectivity index (χ3v) is 6.45. The van der Waals surface area contributed by atoms with Gasteiger partial charge in [-0.3, -0.25) is 0 Å². The Labute approximate surface area is 192 Å². The molecule has 0 amide bonds. The van der Waals surface area contributed by atoms with Crippen molar-refractivity contribution in [3.8, 4) is 16.9 Å². The van der Waals surface area contributed by atoms with E-state index >= 15 is 0 Å². The van der Waals surface area contributed by atoms with Gasteiger partial charge in [-0.05, 0) is 29.3 Å². The fourth-order valence-corrected chi connectivity index (χ4v) is 4.93. The number of methoxy groups -OCH3 is 1. The summed E-state index contributed by atoms with van der Waals surface area (Å²) >= 11 is 0. The normalized spacial score (nSPS) is 11.5. The van der Waals surface area contributed by atoms with Crippen molar-refractivity contribution in [2.75, 3.05) is 7.11 Å². The van der Waals surface area contributed by atoms with Gasteiger partial charge in [-0.1, -0.05) is 78.9 Å². The number of H-pyrrole nitrogens is 2. The van der Waals surface area contributed by atoms with Gasteiger partial charge in [0.1, 0.15) is 5.75 Å². The predicted octanol–water partition coefficient (Wildman–Crippen LogP) is 7.51. The topological polar surface area (TPSA) is 40.8 Å². The SMILES string of the molecule is COc1ccc2c(-c3c(C(c4ccccc4)c4ccccc4)[nH]c4ccccc34)c[nH]c2c1. The molecule has 6 rings (SSSR count). The van der Waals surface area contributed by atoms with Crippen LogP contribution in [0.1, 0.15) is 22.7 Å². The fraction of sp³-hybridized carbons (Fsp3) is 0.0667. The maximum atomic E-state index is 5.44. The van der Waals surface area contributed by atoms with Crippen molar-refractivity contribution in [3.05, 3.63) is 126 Å². The lowest BCUT2D eigenvalue weighted by Gasteiger charge is -2.19. The van der Waals surface area contributed by atoms with Crippen LogP contribution in [0.25, 0.3) is 32.9 Å². The van der Waals surface area contributed by atoms with Crippen molar-refractivity contribution < 1.29 is 4.74 Å². The standard InChI is InChI=1S/C30H24N2O/c1-33-22-16-17-23-25(19-31-27(23)18-22)29-24-14-8-9-15-26(24)32-30(29)28(20-10-4-2-5-11-20)21-12-6-3-7-13-21/h2-19,28,31-32H,1H3. The number of aromatic amines is 2. The quantitative estimate of drug-likeness (QED) is 0.293. The first kappa shape index (κ1) is 19.4. The number of aromatic nitrogens is 2. The Morgan fingerprint density at radius 1 is 0.667 bits per heavy atom. The molecular formula is C30H24N2O. The number of ether oxygens (including phenoxy) is 1. The van der Waals surface area contributed by atoms with Gasteiger partial charge in [0.05, 0.1) is 7.11 Å². The van der Waals surface area contributed by atoms with E-state index in [2.05, 4.69) is 113 Å². The van der Waals surface area contributed by atoms with Crippen LogP contribution in [0, 0.1) is 0 Å². The molecule has 2 heterocycles. The van der Waals surface area contributed by atoms with Crippen molar-refractivity contribution in [1.82, 2.24) is 9.97 Å². The molecule has 2 N–H and O–H groups in total. The molecule has 0 fully saturated rings. The summed E-state index contributed by atoms with van der Waals surface area (Å²) in [6.45, 7) is 0. The van der Waals surface area contributed by atoms with E-state index in [0.29, 0.717) is 0 Å². The summed E-state index contributed by atoms with van der Waals surface area (Å²) in [6, 6.07) is 36.3. The van der Waals surface area contributed by atoms with E-state index in [1.54, 1.807) is 7.11 Å². The number of benzene rings is 4. The molecule has 0 saturated heterocycles. The van der Waals surface area contributed by atoms with Gasteiger partial charge in [0, 0.05) is 56.8 Å². The fourth-order valence-electron chi connectivity index (χ4n) is 4.93. The molecule has 33 heavy (non-hydrogen) atoms. The van der Waals surface area contributed by atoms with Crippen molar-refractivity contribution in [3.63, 3.8) is 0 Å². The van der Waals surface area contributed by atoms with Crippen molar-refractivity contribution >= 4 is 21.8 Å². The molecule has 0 unspecified atom stereocenters. The zero-order valence-corrected chi connectivity index (χ0v) is 18.4. The zero-order valence-electron chi connectivity index (χ0n) is 18.4. The molecule has 0 aliphatic heterocycles. The van der Waals surface area contributed by atoms with Gasteiger partial charge in [-0.15, -0.1) is 0 Å². The molecule has 6 aromatic rings. The number of nitrogens with one attached hydrogen (secondary N) is 2. The highest BCUT2D eigenvalue weighted by molar-refractivity contribution is 6.06. The molecule has 160 valence electrons. The van der Waals surface area contributed by atoms with Gasteiger partial charge in [0.25, 0.3) is 0 Å². The second-order valence-corrected chi connectivity index (χ2v) is 8.33. The van der Waals surface area contributed by atoms with Crippen LogP contribution < -0.4 is 4.74 Å². The van der Waals surface area contributed by atoms with Crippen molar-refractivity contribution in [2.45, 2.75) is 5.92 Å². The maximum Gasteiger partial charge on any atom is 0.120 e. The highest BCUT2D eigenvalue weighted by atomic mass is 16.5. The Hall–Kier alpha value is -4.24. The number of para-hydroxylation sites is 1. The second-order valence-electron chi connectivity index (χ2n) is 8.33. The second kappa shape index (κ2) is 8.03. The van der Waals surface area contributed by atoms with E-state index in [1.165, 1.54) is 38.7 Å². The first-order valence-corrected chi connectivity index (χ1v) is 11.2. The van der Waals surface area contributed by atoms with Crippen molar-refractivity contribution in [1.29, 1.82) is 0 Å². The summed E-state index contributed by atoms with van der Waals surface area (Å²) in [6.07, 6.45) is 2.12. The molecular weight excluding hydrogens is 404 g/mol. The lowest BCUT2D eigenvalue weighted by Crippen LogP contribution is -2.05. The summed E-state index contributed by atoms with van der Waals surface area (Å²) in [5.41, 5.74) is 8.36. The molecule has 3 heteroatoms. The third kappa shape index (κ3) is 3.30. The Kier molecular flexibility index (Phi) is 4.73. The van der Waals surface area contributed by atoms with E-state index in [-0.39, 0.29) is 5.92 Å². The largest absolute Gasteiger partial charge is 0.497 e. The Morgan fingerprint density at radius 2 is 1.33 bits per heavy atom.